The molecule has 0 saturated carbocycles. The van der Waals surface area contributed by atoms with Crippen LogP contribution in [-0.2, 0) is 11.2 Å². The normalized spacial score (nSPS) is 14.6. The van der Waals surface area contributed by atoms with Crippen LogP contribution in [0.2, 0.25) is 0 Å². The Balaban J connectivity index is 1.77. The Kier molecular flexibility index (Phi) is 4.36. The molecule has 1 aromatic carbocycles. The van der Waals surface area contributed by atoms with Gasteiger partial charge in [-0.05, 0) is 37.1 Å². The van der Waals surface area contributed by atoms with Crippen molar-refractivity contribution < 1.29 is 9.59 Å². The predicted octanol–water partition coefficient (Wildman–Crippen LogP) is 2.39. The van der Waals surface area contributed by atoms with Crippen LogP contribution in [0.15, 0.2) is 22.5 Å². The van der Waals surface area contributed by atoms with Gasteiger partial charge in [0.2, 0.25) is 11.0 Å². The SMILES string of the molecule is CC(=O)N1CCc2cc(C(=O)C(C)Sc3nnc(N)s3)ccc21. The van der Waals surface area contributed by atoms with Gasteiger partial charge in [-0.2, -0.15) is 0 Å². The minimum atomic E-state index is -0.272. The van der Waals surface area contributed by atoms with Crippen molar-refractivity contribution in [3.05, 3.63) is 29.3 Å². The summed E-state index contributed by atoms with van der Waals surface area (Å²) in [5.41, 5.74) is 8.17. The first-order valence-electron chi connectivity index (χ1n) is 7.16. The lowest BCUT2D eigenvalue weighted by Gasteiger charge is -2.15. The van der Waals surface area contributed by atoms with Crippen LogP contribution in [0.3, 0.4) is 0 Å². The van der Waals surface area contributed by atoms with E-state index in [-0.39, 0.29) is 16.9 Å². The molecule has 1 aliphatic rings. The number of carbonyl (C=O) groups excluding carboxylic acids is 2. The molecule has 120 valence electrons. The molecule has 0 bridgehead atoms. The summed E-state index contributed by atoms with van der Waals surface area (Å²) in [7, 11) is 0. The topological polar surface area (TPSA) is 89.2 Å². The molecule has 3 rings (SSSR count). The lowest BCUT2D eigenvalue weighted by molar-refractivity contribution is -0.116. The molecular weight excluding hydrogens is 332 g/mol. The molecule has 2 aromatic rings. The van der Waals surface area contributed by atoms with Gasteiger partial charge in [-0.25, -0.2) is 0 Å². The lowest BCUT2D eigenvalue weighted by atomic mass is 10.0. The van der Waals surface area contributed by atoms with Crippen LogP contribution < -0.4 is 10.6 Å². The van der Waals surface area contributed by atoms with Crippen LogP contribution in [0.25, 0.3) is 0 Å². The first-order valence-corrected chi connectivity index (χ1v) is 8.86. The van der Waals surface area contributed by atoms with Gasteiger partial charge >= 0.3 is 0 Å². The van der Waals surface area contributed by atoms with E-state index in [2.05, 4.69) is 10.2 Å². The van der Waals surface area contributed by atoms with Crippen molar-refractivity contribution in [1.29, 1.82) is 0 Å². The molecule has 1 unspecified atom stereocenters. The van der Waals surface area contributed by atoms with Crippen LogP contribution in [0.5, 0.6) is 0 Å². The average molecular weight is 348 g/mol. The molecule has 0 saturated heterocycles. The third-order valence-corrected chi connectivity index (χ3v) is 5.65. The highest BCUT2D eigenvalue weighted by Gasteiger charge is 2.25. The smallest absolute Gasteiger partial charge is 0.223 e. The molecule has 0 spiro atoms. The van der Waals surface area contributed by atoms with Crippen molar-refractivity contribution in [2.75, 3.05) is 17.2 Å². The van der Waals surface area contributed by atoms with Gasteiger partial charge in [0.1, 0.15) is 0 Å². The number of anilines is 2. The summed E-state index contributed by atoms with van der Waals surface area (Å²) >= 11 is 2.63. The second-order valence-corrected chi connectivity index (χ2v) is 7.89. The van der Waals surface area contributed by atoms with Crippen LogP contribution in [0.1, 0.15) is 29.8 Å². The van der Waals surface area contributed by atoms with E-state index in [4.69, 9.17) is 5.73 Å². The number of ketones is 1. The van der Waals surface area contributed by atoms with Crippen molar-refractivity contribution in [2.24, 2.45) is 0 Å². The Bertz CT molecular complexity index is 775. The third-order valence-electron chi connectivity index (χ3n) is 3.71. The number of nitrogens with two attached hydrogens (primary N) is 1. The van der Waals surface area contributed by atoms with E-state index in [1.807, 2.05) is 19.1 Å². The second-order valence-electron chi connectivity index (χ2n) is 5.29. The van der Waals surface area contributed by atoms with Crippen molar-refractivity contribution >= 4 is 45.6 Å². The largest absolute Gasteiger partial charge is 0.374 e. The second kappa shape index (κ2) is 6.29. The Morgan fingerprint density at radius 1 is 1.39 bits per heavy atom. The summed E-state index contributed by atoms with van der Waals surface area (Å²) in [5.74, 6) is 0.0634. The van der Waals surface area contributed by atoms with E-state index in [1.54, 1.807) is 17.9 Å². The van der Waals surface area contributed by atoms with Crippen LogP contribution in [0.4, 0.5) is 10.8 Å². The van der Waals surface area contributed by atoms with E-state index >= 15 is 0 Å². The zero-order valence-electron chi connectivity index (χ0n) is 12.8. The van der Waals surface area contributed by atoms with E-state index < -0.39 is 0 Å². The highest BCUT2D eigenvalue weighted by Crippen LogP contribution is 2.32. The summed E-state index contributed by atoms with van der Waals surface area (Å²) < 4.78 is 0.687. The van der Waals surface area contributed by atoms with E-state index in [0.29, 0.717) is 21.6 Å². The van der Waals surface area contributed by atoms with Crippen molar-refractivity contribution in [1.82, 2.24) is 10.2 Å². The maximum absolute atomic E-state index is 12.6. The highest BCUT2D eigenvalue weighted by molar-refractivity contribution is 8.02. The third kappa shape index (κ3) is 3.23. The van der Waals surface area contributed by atoms with Gasteiger partial charge in [0, 0.05) is 24.7 Å². The Labute approximate surface area is 142 Å². The summed E-state index contributed by atoms with van der Waals surface area (Å²) in [6.45, 7) is 4.08. The Morgan fingerprint density at radius 2 is 2.17 bits per heavy atom. The van der Waals surface area contributed by atoms with Gasteiger partial charge in [-0.1, -0.05) is 23.1 Å². The molecule has 1 aromatic heterocycles. The molecule has 6 nitrogen and oxygen atoms in total. The Morgan fingerprint density at radius 3 is 2.83 bits per heavy atom. The summed E-state index contributed by atoms with van der Waals surface area (Å²) in [6.07, 6.45) is 0.782. The maximum atomic E-state index is 12.6. The van der Waals surface area contributed by atoms with Gasteiger partial charge in [0.25, 0.3) is 0 Å². The maximum Gasteiger partial charge on any atom is 0.223 e. The number of amides is 1. The van der Waals surface area contributed by atoms with Crippen molar-refractivity contribution in [3.8, 4) is 0 Å². The minimum absolute atomic E-state index is 0.0283. The molecule has 0 radical (unpaired) electrons. The minimum Gasteiger partial charge on any atom is -0.374 e. The van der Waals surface area contributed by atoms with Crippen LogP contribution >= 0.6 is 23.1 Å². The molecule has 2 N–H and O–H groups in total. The van der Waals surface area contributed by atoms with E-state index in [0.717, 1.165) is 17.7 Å². The van der Waals surface area contributed by atoms with E-state index in [1.165, 1.54) is 23.1 Å². The molecule has 1 aliphatic heterocycles. The number of thioether (sulfide) groups is 1. The monoisotopic (exact) mass is 348 g/mol. The zero-order chi connectivity index (χ0) is 16.6. The molecule has 1 atom stereocenters. The number of nitrogen functional groups attached to an aromatic ring is 1. The fourth-order valence-corrected chi connectivity index (χ4v) is 4.45. The van der Waals surface area contributed by atoms with Gasteiger partial charge in [-0.15, -0.1) is 10.2 Å². The van der Waals surface area contributed by atoms with Gasteiger partial charge in [0.15, 0.2) is 10.1 Å². The quantitative estimate of drug-likeness (QED) is 0.674. The number of aromatic nitrogens is 2. The van der Waals surface area contributed by atoms with Gasteiger partial charge < -0.3 is 10.6 Å². The fraction of sp³-hybridized carbons (Fsp3) is 0.333. The summed E-state index contributed by atoms with van der Waals surface area (Å²) in [6, 6.07) is 5.54. The number of rotatable bonds is 4. The summed E-state index contributed by atoms with van der Waals surface area (Å²) in [4.78, 5) is 25.9. The number of fused-ring (bicyclic) bond motifs is 1. The summed E-state index contributed by atoms with van der Waals surface area (Å²) in [5, 5.41) is 7.80. The average Bonchev–Trinajstić information content (AvgIpc) is 3.11. The van der Waals surface area contributed by atoms with Gasteiger partial charge in [-0.3, -0.25) is 9.59 Å². The first kappa shape index (κ1) is 15.9. The molecule has 2 heterocycles. The standard InChI is InChI=1S/C15H16N4O2S2/c1-8(22-15-18-17-14(16)23-15)13(21)11-3-4-12-10(7-11)5-6-19(12)9(2)20/h3-4,7-8H,5-6H2,1-2H3,(H2,16,17). The molecule has 23 heavy (non-hydrogen) atoms. The highest BCUT2D eigenvalue weighted by atomic mass is 32.2. The Hall–Kier alpha value is -1.93. The number of benzene rings is 1. The first-order chi connectivity index (χ1) is 11.0. The van der Waals surface area contributed by atoms with Crippen LogP contribution in [0, 0.1) is 0 Å². The number of Topliss-reactive ketones (excluding diaryl/α,β-unsaturated/α-hetero) is 1. The zero-order valence-corrected chi connectivity index (χ0v) is 14.4. The van der Waals surface area contributed by atoms with Gasteiger partial charge in [0.05, 0.1) is 5.25 Å². The van der Waals surface area contributed by atoms with E-state index in [9.17, 15) is 9.59 Å². The lowest BCUT2D eigenvalue weighted by Crippen LogP contribution is -2.25. The fourth-order valence-electron chi connectivity index (χ4n) is 2.59. The molecule has 0 fully saturated rings. The number of nitrogens with zero attached hydrogens (tertiary/aromatic N) is 3. The molecule has 1 amide bonds. The number of hydrogen-bond donors (Lipinski definition) is 1. The molecule has 8 heteroatoms. The van der Waals surface area contributed by atoms with Crippen molar-refractivity contribution in [2.45, 2.75) is 29.9 Å². The number of carbonyl (C=O) groups is 2. The van der Waals surface area contributed by atoms with Crippen LogP contribution in [-0.4, -0.2) is 33.7 Å². The predicted molar refractivity (Wildman–Crippen MR) is 92.1 cm³/mol. The molecular formula is C15H16N4O2S2. The molecule has 0 aliphatic carbocycles. The van der Waals surface area contributed by atoms with Crippen molar-refractivity contribution in [3.63, 3.8) is 0 Å². The number of hydrogen-bond acceptors (Lipinski definition) is 7.